The summed E-state index contributed by atoms with van der Waals surface area (Å²) < 4.78 is 30.9. The molecule has 0 saturated carbocycles. The summed E-state index contributed by atoms with van der Waals surface area (Å²) in [6.45, 7) is 4.97. The zero-order valence-electron chi connectivity index (χ0n) is 21.9. The van der Waals surface area contributed by atoms with Crippen LogP contribution in [-0.2, 0) is 19.1 Å². The van der Waals surface area contributed by atoms with Gasteiger partial charge in [-0.05, 0) is 44.7 Å². The van der Waals surface area contributed by atoms with Gasteiger partial charge in [0.25, 0.3) is 11.8 Å². The highest BCUT2D eigenvalue weighted by atomic mass is 35.5. The van der Waals surface area contributed by atoms with Crippen molar-refractivity contribution < 1.29 is 37.8 Å². The number of pyridine rings is 1. The van der Waals surface area contributed by atoms with Crippen LogP contribution >= 0.6 is 11.6 Å². The van der Waals surface area contributed by atoms with Crippen molar-refractivity contribution >= 4 is 41.0 Å². The fourth-order valence-electron chi connectivity index (χ4n) is 3.95. The van der Waals surface area contributed by atoms with Crippen molar-refractivity contribution in [2.75, 3.05) is 18.6 Å². The molecule has 0 spiro atoms. The normalized spacial score (nSPS) is 13.5. The minimum absolute atomic E-state index is 0.0143. The molecule has 0 saturated heterocycles. The number of halogens is 2. The van der Waals surface area contributed by atoms with Crippen LogP contribution in [0.2, 0.25) is 5.02 Å². The number of aromatic nitrogens is 1. The fourth-order valence-corrected chi connectivity index (χ4v) is 4.15. The highest BCUT2D eigenvalue weighted by Crippen LogP contribution is 2.36. The number of anilines is 1. The topological polar surface area (TPSA) is 112 Å². The second-order valence-electron chi connectivity index (χ2n) is 8.61. The number of amides is 2. The number of terminal acetylenes is 1. The zero-order valence-corrected chi connectivity index (χ0v) is 22.6. The van der Waals surface area contributed by atoms with E-state index in [1.54, 1.807) is 6.92 Å². The summed E-state index contributed by atoms with van der Waals surface area (Å²) in [5.74, 6) is -2.28. The van der Waals surface area contributed by atoms with Crippen LogP contribution in [-0.4, -0.2) is 48.6 Å². The number of hydrogen-bond donors (Lipinski definition) is 0. The predicted octanol–water partition coefficient (Wildman–Crippen LogP) is 4.83. The molecule has 0 radical (unpaired) electrons. The molecule has 0 aliphatic heterocycles. The number of rotatable bonds is 9. The van der Waals surface area contributed by atoms with Gasteiger partial charge in [-0.1, -0.05) is 30.2 Å². The number of benzene rings is 1. The minimum atomic E-state index is -1.03. The number of nitrogens with zero attached hydrogens (tertiary/aromatic N) is 2. The summed E-state index contributed by atoms with van der Waals surface area (Å²) in [5.41, 5.74) is -0.755. The van der Waals surface area contributed by atoms with Gasteiger partial charge in [0.05, 0.1) is 28.9 Å². The Bertz CT molecular complexity index is 1430. The maximum atomic E-state index is 15.5. The molecule has 2 amide bonds. The summed E-state index contributed by atoms with van der Waals surface area (Å²) >= 11 is 6.15. The fraction of sp³-hybridized carbons (Fsp3) is 0.276. The van der Waals surface area contributed by atoms with Crippen LogP contribution in [0.5, 0.6) is 5.75 Å². The Hall–Kier alpha value is -4.49. The van der Waals surface area contributed by atoms with E-state index in [4.69, 9.17) is 27.5 Å². The molecule has 40 heavy (non-hydrogen) atoms. The van der Waals surface area contributed by atoms with E-state index in [-0.39, 0.29) is 52.5 Å². The molecule has 1 unspecified atom stereocenters. The predicted molar refractivity (Wildman–Crippen MR) is 144 cm³/mol. The van der Waals surface area contributed by atoms with E-state index < -0.39 is 41.4 Å². The number of carbonyl (C=O) groups is 4. The summed E-state index contributed by atoms with van der Waals surface area (Å²) in [7, 11) is 1.15. The Kier molecular flexibility index (Phi) is 10.2. The molecule has 1 aromatic heterocycles. The highest BCUT2D eigenvalue weighted by Gasteiger charge is 2.35. The van der Waals surface area contributed by atoms with Crippen LogP contribution < -0.4 is 9.64 Å². The van der Waals surface area contributed by atoms with Crippen LogP contribution in [0.1, 0.15) is 53.3 Å². The van der Waals surface area contributed by atoms with Gasteiger partial charge >= 0.3 is 11.9 Å². The third-order valence-electron chi connectivity index (χ3n) is 5.90. The largest absolute Gasteiger partial charge is 0.476 e. The Labute approximate surface area is 235 Å². The smallest absolute Gasteiger partial charge is 0.339 e. The molecule has 0 fully saturated rings. The number of methoxy groups -OCH3 is 1. The van der Waals surface area contributed by atoms with E-state index in [0.29, 0.717) is 17.7 Å². The van der Waals surface area contributed by atoms with Crippen LogP contribution in [0, 0.1) is 18.2 Å². The number of imide groups is 1. The van der Waals surface area contributed by atoms with E-state index in [2.05, 4.69) is 22.2 Å². The molecule has 2 aromatic rings. The summed E-state index contributed by atoms with van der Waals surface area (Å²) in [5, 5.41) is -0.150. The molecule has 0 N–H and O–H groups in total. The first kappa shape index (κ1) is 30.1. The first-order chi connectivity index (χ1) is 19.1. The van der Waals surface area contributed by atoms with Gasteiger partial charge in [-0.3, -0.25) is 14.6 Å². The molecule has 1 aromatic carbocycles. The zero-order chi connectivity index (χ0) is 29.4. The number of esters is 2. The molecular weight excluding hydrogens is 543 g/mol. The van der Waals surface area contributed by atoms with Crippen molar-refractivity contribution in [2.24, 2.45) is 0 Å². The van der Waals surface area contributed by atoms with Crippen LogP contribution in [0.15, 0.2) is 54.4 Å². The van der Waals surface area contributed by atoms with Crippen molar-refractivity contribution in [3.8, 4) is 18.1 Å². The molecular formula is C29H26ClFN2O7. The molecule has 1 heterocycles. The monoisotopic (exact) mass is 568 g/mol. The van der Waals surface area contributed by atoms with Gasteiger partial charge in [-0.15, -0.1) is 6.42 Å². The van der Waals surface area contributed by atoms with Crippen molar-refractivity contribution in [3.63, 3.8) is 0 Å². The summed E-state index contributed by atoms with van der Waals surface area (Å²) in [6, 6.07) is 3.10. The van der Waals surface area contributed by atoms with Gasteiger partial charge < -0.3 is 14.2 Å². The lowest BCUT2D eigenvalue weighted by Gasteiger charge is -2.26. The van der Waals surface area contributed by atoms with E-state index in [1.165, 1.54) is 12.3 Å². The molecule has 1 aliphatic rings. The average molecular weight is 569 g/mol. The molecule has 1 atom stereocenters. The standard InChI is InChI=1S/C29H26ClFN2O7/c1-5-11-39-29(37)21-10-8-7-9-20(21)27(35)33(26(34)18-12-19(16-32-15-18)28(36)38-4)24-14-25(40-17(3)6-2)22(30)13-23(24)31/h2,5,12-17H,1,7-11H2,3-4H3. The second kappa shape index (κ2) is 13.5. The first-order valence-corrected chi connectivity index (χ1v) is 12.5. The summed E-state index contributed by atoms with van der Waals surface area (Å²) in [6.07, 6.45) is 9.76. The third kappa shape index (κ3) is 6.74. The SMILES string of the molecule is C#CC(C)Oc1cc(N(C(=O)C2=C(C(=O)OCC=C)CCCC2)C(=O)c2cncc(C(=O)OC)c2)c(F)cc1Cl. The quantitative estimate of drug-likeness (QED) is 0.183. The average Bonchev–Trinajstić information content (AvgIpc) is 2.97. The molecule has 3 rings (SSSR count). The van der Waals surface area contributed by atoms with Gasteiger partial charge in [-0.2, -0.15) is 0 Å². The van der Waals surface area contributed by atoms with Crippen LogP contribution in [0.25, 0.3) is 0 Å². The first-order valence-electron chi connectivity index (χ1n) is 12.2. The Morgan fingerprint density at radius 2 is 1.80 bits per heavy atom. The lowest BCUT2D eigenvalue weighted by molar-refractivity contribution is -0.138. The molecule has 1 aliphatic carbocycles. The molecule has 11 heteroatoms. The van der Waals surface area contributed by atoms with Crippen molar-refractivity contribution in [3.05, 3.63) is 76.4 Å². The van der Waals surface area contributed by atoms with Crippen LogP contribution in [0.4, 0.5) is 10.1 Å². The second-order valence-corrected chi connectivity index (χ2v) is 9.02. The van der Waals surface area contributed by atoms with Crippen molar-refractivity contribution in [1.82, 2.24) is 4.98 Å². The van der Waals surface area contributed by atoms with E-state index >= 15 is 4.39 Å². The van der Waals surface area contributed by atoms with Crippen molar-refractivity contribution in [1.29, 1.82) is 0 Å². The van der Waals surface area contributed by atoms with Gasteiger partial charge in [0.15, 0.2) is 6.10 Å². The molecule has 0 bridgehead atoms. The number of ether oxygens (including phenoxy) is 3. The third-order valence-corrected chi connectivity index (χ3v) is 6.19. The minimum Gasteiger partial charge on any atom is -0.476 e. The van der Waals surface area contributed by atoms with Crippen molar-refractivity contribution in [2.45, 2.75) is 38.7 Å². The van der Waals surface area contributed by atoms with Gasteiger partial charge in [0.1, 0.15) is 18.2 Å². The van der Waals surface area contributed by atoms with E-state index in [1.807, 2.05) is 0 Å². The Balaban J connectivity index is 2.22. The summed E-state index contributed by atoms with van der Waals surface area (Å²) in [4.78, 5) is 57.2. The van der Waals surface area contributed by atoms with Gasteiger partial charge in [-0.25, -0.2) is 18.9 Å². The Morgan fingerprint density at radius 3 is 2.45 bits per heavy atom. The van der Waals surface area contributed by atoms with E-state index in [0.717, 1.165) is 31.5 Å². The van der Waals surface area contributed by atoms with Gasteiger partial charge in [0, 0.05) is 29.6 Å². The number of carbonyl (C=O) groups excluding carboxylic acids is 4. The van der Waals surface area contributed by atoms with E-state index in [9.17, 15) is 19.2 Å². The van der Waals surface area contributed by atoms with Gasteiger partial charge in [0.2, 0.25) is 0 Å². The highest BCUT2D eigenvalue weighted by molar-refractivity contribution is 6.32. The molecule has 208 valence electrons. The Morgan fingerprint density at radius 1 is 1.12 bits per heavy atom. The maximum absolute atomic E-state index is 15.5. The maximum Gasteiger partial charge on any atom is 0.339 e. The van der Waals surface area contributed by atoms with Crippen LogP contribution in [0.3, 0.4) is 0 Å². The lowest BCUT2D eigenvalue weighted by Crippen LogP contribution is -2.40. The number of hydrogen-bond acceptors (Lipinski definition) is 8. The lowest BCUT2D eigenvalue weighted by atomic mass is 9.90. The molecule has 9 nitrogen and oxygen atoms in total.